The van der Waals surface area contributed by atoms with Gasteiger partial charge in [0, 0.05) is 23.8 Å². The quantitative estimate of drug-likeness (QED) is 0.437. The lowest BCUT2D eigenvalue weighted by molar-refractivity contribution is -0.134. The molecule has 4 unspecified atom stereocenters. The summed E-state index contributed by atoms with van der Waals surface area (Å²) in [6, 6.07) is 0.390. The molecule has 33 heavy (non-hydrogen) atoms. The Bertz CT molecular complexity index is 776. The van der Waals surface area contributed by atoms with Gasteiger partial charge >= 0.3 is 0 Å². The molecule has 2 rings (SSSR count). The first-order valence-corrected chi connectivity index (χ1v) is 11.6. The third-order valence-corrected chi connectivity index (χ3v) is 5.08. The number of fused-ring (bicyclic) bond motifs is 1. The summed E-state index contributed by atoms with van der Waals surface area (Å²) in [4.78, 5) is 49.1. The minimum atomic E-state index is -0.830. The minimum absolute atomic E-state index is 0.0883. The Balaban J connectivity index is 0.00000125. The number of allylic oxidation sites excluding steroid dienone is 1. The second-order valence-corrected chi connectivity index (χ2v) is 10.2. The highest BCUT2D eigenvalue weighted by Crippen LogP contribution is 2.25. The Morgan fingerprint density at radius 3 is 2.36 bits per heavy atom. The molecule has 0 radical (unpaired) electrons. The van der Waals surface area contributed by atoms with Gasteiger partial charge in [-0.05, 0) is 25.2 Å². The largest absolute Gasteiger partial charge is 0.355 e. The first-order valence-electron chi connectivity index (χ1n) is 11.6. The number of hydrogen-bond donors (Lipinski definition) is 4. The summed E-state index contributed by atoms with van der Waals surface area (Å²) in [5.74, 6) is -1.02. The van der Waals surface area contributed by atoms with Gasteiger partial charge in [-0.2, -0.15) is 5.26 Å². The van der Waals surface area contributed by atoms with Crippen LogP contribution in [0.3, 0.4) is 0 Å². The highest BCUT2D eigenvalue weighted by molar-refractivity contribution is 5.91. The summed E-state index contributed by atoms with van der Waals surface area (Å²) in [7, 11) is 0. The molecule has 0 spiro atoms. The number of carbonyl (C=O) groups excluding carboxylic acids is 4. The van der Waals surface area contributed by atoms with E-state index in [1.165, 1.54) is 0 Å². The molecule has 184 valence electrons. The van der Waals surface area contributed by atoms with Crippen LogP contribution in [0.1, 0.15) is 60.8 Å². The Kier molecular flexibility index (Phi) is 11.1. The average Bonchev–Trinajstić information content (AvgIpc) is 3.05. The molecule has 0 aromatic carbocycles. The molecule has 0 saturated carbocycles. The van der Waals surface area contributed by atoms with E-state index in [2.05, 4.69) is 42.0 Å². The van der Waals surface area contributed by atoms with Crippen molar-refractivity contribution in [2.75, 3.05) is 13.1 Å². The molecule has 0 aromatic rings. The maximum absolute atomic E-state index is 12.5. The number of nitriles is 1. The smallest absolute Gasteiger partial charge is 0.243 e. The SMILES string of the molecule is CC(C)(C)C(=O)NC1CC/C=C/C2CNC(=O)C2CC(C#N)NC(=O)CNC1=O.CC(C)C. The lowest BCUT2D eigenvalue weighted by Gasteiger charge is -2.24. The van der Waals surface area contributed by atoms with Crippen molar-refractivity contribution in [3.8, 4) is 6.07 Å². The standard InChI is InChI=1S/C20H29N5O4.C4H10/c1-20(2,3)19(29)25-15-7-5-4-6-12-10-22-17(27)14(12)8-13(9-21)24-16(26)11-23-18(15)28;1-4(2)3/h4,6,12-15H,5,7-8,10-11H2,1-3H3,(H,22,27)(H,23,28)(H,24,26)(H,25,29);4H,1-3H3/b6-4+;. The van der Waals surface area contributed by atoms with Crippen LogP contribution in [-0.4, -0.2) is 48.8 Å². The van der Waals surface area contributed by atoms with Crippen molar-refractivity contribution < 1.29 is 19.2 Å². The maximum atomic E-state index is 12.5. The monoisotopic (exact) mass is 461 g/mol. The Labute approximate surface area is 197 Å². The zero-order chi connectivity index (χ0) is 25.2. The van der Waals surface area contributed by atoms with Crippen LogP contribution in [0, 0.1) is 34.5 Å². The van der Waals surface area contributed by atoms with Gasteiger partial charge in [0.2, 0.25) is 23.6 Å². The van der Waals surface area contributed by atoms with Crippen LogP contribution < -0.4 is 21.3 Å². The van der Waals surface area contributed by atoms with Gasteiger partial charge in [-0.25, -0.2) is 0 Å². The number of amides is 4. The molecule has 4 amide bonds. The van der Waals surface area contributed by atoms with E-state index in [-0.39, 0.29) is 30.7 Å². The van der Waals surface area contributed by atoms with Gasteiger partial charge < -0.3 is 21.3 Å². The fourth-order valence-corrected chi connectivity index (χ4v) is 3.28. The summed E-state index contributed by atoms with van der Waals surface area (Å²) in [6.07, 6.45) is 4.90. The van der Waals surface area contributed by atoms with Crippen molar-refractivity contribution in [1.29, 1.82) is 5.26 Å². The molecule has 4 N–H and O–H groups in total. The zero-order valence-electron chi connectivity index (χ0n) is 20.7. The van der Waals surface area contributed by atoms with Crippen molar-refractivity contribution in [3.05, 3.63) is 12.2 Å². The van der Waals surface area contributed by atoms with E-state index < -0.39 is 35.2 Å². The van der Waals surface area contributed by atoms with Crippen molar-refractivity contribution >= 4 is 23.6 Å². The molecule has 0 bridgehead atoms. The molecule has 2 aliphatic rings. The lowest BCUT2D eigenvalue weighted by atomic mass is 9.88. The van der Waals surface area contributed by atoms with Gasteiger partial charge in [0.1, 0.15) is 12.1 Å². The molecule has 1 saturated heterocycles. The predicted octanol–water partition coefficient (Wildman–Crippen LogP) is 1.41. The Morgan fingerprint density at radius 1 is 1.15 bits per heavy atom. The van der Waals surface area contributed by atoms with Crippen molar-refractivity contribution in [2.24, 2.45) is 23.2 Å². The van der Waals surface area contributed by atoms with E-state index in [1.54, 1.807) is 20.8 Å². The molecule has 2 heterocycles. The molecule has 2 aliphatic heterocycles. The first kappa shape index (κ1) is 28.1. The van der Waals surface area contributed by atoms with Crippen molar-refractivity contribution in [3.63, 3.8) is 0 Å². The van der Waals surface area contributed by atoms with E-state index in [0.29, 0.717) is 19.4 Å². The van der Waals surface area contributed by atoms with E-state index in [0.717, 1.165) is 5.92 Å². The molecule has 9 nitrogen and oxygen atoms in total. The van der Waals surface area contributed by atoms with Crippen LogP contribution in [0.15, 0.2) is 12.2 Å². The molecular formula is C24H39N5O4. The number of nitrogens with zero attached hydrogens (tertiary/aromatic N) is 1. The molecule has 0 aliphatic carbocycles. The van der Waals surface area contributed by atoms with E-state index in [4.69, 9.17) is 0 Å². The summed E-state index contributed by atoms with van der Waals surface area (Å²) in [6.45, 7) is 11.9. The van der Waals surface area contributed by atoms with E-state index in [9.17, 15) is 24.4 Å². The van der Waals surface area contributed by atoms with Gasteiger partial charge in [0.15, 0.2) is 0 Å². The Morgan fingerprint density at radius 2 is 1.79 bits per heavy atom. The average molecular weight is 462 g/mol. The van der Waals surface area contributed by atoms with Crippen LogP contribution in [0.2, 0.25) is 0 Å². The maximum Gasteiger partial charge on any atom is 0.243 e. The second-order valence-electron chi connectivity index (χ2n) is 10.2. The van der Waals surface area contributed by atoms with Crippen molar-refractivity contribution in [2.45, 2.75) is 72.9 Å². The summed E-state index contributed by atoms with van der Waals surface area (Å²) in [5.41, 5.74) is -0.657. The number of rotatable bonds is 1. The summed E-state index contributed by atoms with van der Waals surface area (Å²) < 4.78 is 0. The number of carbonyl (C=O) groups is 4. The van der Waals surface area contributed by atoms with Crippen molar-refractivity contribution in [1.82, 2.24) is 21.3 Å². The first-order chi connectivity index (χ1) is 15.3. The highest BCUT2D eigenvalue weighted by Gasteiger charge is 2.35. The molecule has 0 aromatic heterocycles. The normalized spacial score (nSPS) is 27.4. The van der Waals surface area contributed by atoms with E-state index in [1.807, 2.05) is 18.2 Å². The minimum Gasteiger partial charge on any atom is -0.355 e. The van der Waals surface area contributed by atoms with Crippen LogP contribution in [0.25, 0.3) is 0 Å². The predicted molar refractivity (Wildman–Crippen MR) is 125 cm³/mol. The molecular weight excluding hydrogens is 422 g/mol. The van der Waals surface area contributed by atoms with Gasteiger partial charge in [-0.1, -0.05) is 53.7 Å². The summed E-state index contributed by atoms with van der Waals surface area (Å²) >= 11 is 0. The third kappa shape index (κ3) is 10.1. The fourth-order valence-electron chi connectivity index (χ4n) is 3.28. The summed E-state index contributed by atoms with van der Waals surface area (Å²) in [5, 5.41) is 19.9. The molecule has 9 heteroatoms. The van der Waals surface area contributed by atoms with Crippen LogP contribution >= 0.6 is 0 Å². The second kappa shape index (κ2) is 13.0. The van der Waals surface area contributed by atoms with E-state index >= 15 is 0 Å². The van der Waals surface area contributed by atoms with Gasteiger partial charge in [0.25, 0.3) is 0 Å². The zero-order valence-corrected chi connectivity index (χ0v) is 20.7. The van der Waals surface area contributed by atoms with Crippen LogP contribution in [-0.2, 0) is 19.2 Å². The van der Waals surface area contributed by atoms with Crippen LogP contribution in [0.5, 0.6) is 0 Å². The Hall–Kier alpha value is -2.89. The molecule has 1 fully saturated rings. The topological polar surface area (TPSA) is 140 Å². The third-order valence-electron chi connectivity index (χ3n) is 5.08. The number of hydrogen-bond acceptors (Lipinski definition) is 5. The van der Waals surface area contributed by atoms with Gasteiger partial charge in [-0.15, -0.1) is 0 Å². The number of nitrogens with one attached hydrogen (secondary N) is 4. The molecule has 4 atom stereocenters. The van der Waals surface area contributed by atoms with Gasteiger partial charge in [0.05, 0.1) is 12.6 Å². The fraction of sp³-hybridized carbons (Fsp3) is 0.708. The highest BCUT2D eigenvalue weighted by atomic mass is 16.2. The van der Waals surface area contributed by atoms with Gasteiger partial charge in [-0.3, -0.25) is 19.2 Å². The lowest BCUT2D eigenvalue weighted by Crippen LogP contribution is -2.52. The van der Waals surface area contributed by atoms with Crippen LogP contribution in [0.4, 0.5) is 0 Å².